The van der Waals surface area contributed by atoms with Gasteiger partial charge in [-0.15, -0.1) is 10.2 Å². The number of aromatic nitrogens is 3. The van der Waals surface area contributed by atoms with Crippen molar-refractivity contribution in [3.8, 4) is 17.1 Å². The molecule has 0 aliphatic rings. The molecule has 0 aliphatic carbocycles. The van der Waals surface area contributed by atoms with Gasteiger partial charge in [0.05, 0.1) is 12.9 Å². The summed E-state index contributed by atoms with van der Waals surface area (Å²) in [4.78, 5) is 12.6. The van der Waals surface area contributed by atoms with E-state index >= 15 is 0 Å². The first kappa shape index (κ1) is 22.8. The summed E-state index contributed by atoms with van der Waals surface area (Å²) < 4.78 is 7.18. The van der Waals surface area contributed by atoms with Crippen molar-refractivity contribution in [2.24, 2.45) is 0 Å². The highest BCUT2D eigenvalue weighted by molar-refractivity contribution is 7.99. The van der Waals surface area contributed by atoms with Crippen molar-refractivity contribution < 1.29 is 9.53 Å². The second-order valence-corrected chi connectivity index (χ2v) is 9.56. The molecule has 0 fully saturated rings. The van der Waals surface area contributed by atoms with Crippen LogP contribution < -0.4 is 4.74 Å². The van der Waals surface area contributed by atoms with E-state index in [0.717, 1.165) is 22.7 Å². The van der Waals surface area contributed by atoms with Crippen LogP contribution in [0, 0.1) is 0 Å². The molecular formula is C25H29N3O2S. The SMILES string of the molecule is C=C(C)Cn1c(SCC(=O)c2ccc(OC)cc2)nnc1-c1ccc(C(C)(C)C)cc1. The smallest absolute Gasteiger partial charge is 0.192 e. The number of ether oxygens (including phenoxy) is 1. The highest BCUT2D eigenvalue weighted by atomic mass is 32.2. The zero-order valence-corrected chi connectivity index (χ0v) is 19.6. The molecule has 3 rings (SSSR count). The lowest BCUT2D eigenvalue weighted by Crippen LogP contribution is -2.10. The standard InChI is InChI=1S/C25H29N3O2S/c1-17(2)15-28-23(19-7-11-20(12-8-19)25(3,4)5)26-27-24(28)31-16-22(29)18-9-13-21(30-6)14-10-18/h7-14H,1,15-16H2,2-6H3. The van der Waals surface area contributed by atoms with Crippen molar-refractivity contribution in [1.82, 2.24) is 14.8 Å². The van der Waals surface area contributed by atoms with Crippen LogP contribution in [0.15, 0.2) is 65.8 Å². The van der Waals surface area contributed by atoms with Gasteiger partial charge < -0.3 is 4.74 Å². The lowest BCUT2D eigenvalue weighted by molar-refractivity contribution is 0.102. The van der Waals surface area contributed by atoms with Crippen molar-refractivity contribution in [1.29, 1.82) is 0 Å². The Hall–Kier alpha value is -2.86. The van der Waals surface area contributed by atoms with Gasteiger partial charge in [-0.05, 0) is 42.2 Å². The number of hydrogen-bond donors (Lipinski definition) is 0. The number of carbonyl (C=O) groups excluding carboxylic acids is 1. The monoisotopic (exact) mass is 435 g/mol. The Balaban J connectivity index is 1.81. The van der Waals surface area contributed by atoms with E-state index in [1.165, 1.54) is 17.3 Å². The number of methoxy groups -OCH3 is 1. The Morgan fingerprint density at radius 1 is 1.06 bits per heavy atom. The summed E-state index contributed by atoms with van der Waals surface area (Å²) in [5, 5.41) is 9.51. The number of carbonyl (C=O) groups is 1. The van der Waals surface area contributed by atoms with Crippen molar-refractivity contribution in [3.63, 3.8) is 0 Å². The first-order chi connectivity index (χ1) is 14.7. The van der Waals surface area contributed by atoms with Crippen LogP contribution in [-0.2, 0) is 12.0 Å². The second-order valence-electron chi connectivity index (χ2n) is 8.62. The van der Waals surface area contributed by atoms with E-state index in [0.29, 0.717) is 17.3 Å². The maximum absolute atomic E-state index is 12.6. The van der Waals surface area contributed by atoms with E-state index in [2.05, 4.69) is 61.8 Å². The topological polar surface area (TPSA) is 57.0 Å². The summed E-state index contributed by atoms with van der Waals surface area (Å²) in [6, 6.07) is 15.6. The van der Waals surface area contributed by atoms with E-state index in [9.17, 15) is 4.79 Å². The Labute approximate surface area is 188 Å². The van der Waals surface area contributed by atoms with Crippen LogP contribution >= 0.6 is 11.8 Å². The lowest BCUT2D eigenvalue weighted by Gasteiger charge is -2.19. The predicted octanol–water partition coefficient (Wildman–Crippen LogP) is 5.80. The molecule has 0 unspecified atom stereocenters. The van der Waals surface area contributed by atoms with E-state index in [-0.39, 0.29) is 17.0 Å². The normalized spacial score (nSPS) is 11.4. The molecule has 0 spiro atoms. The Morgan fingerprint density at radius 2 is 1.71 bits per heavy atom. The molecule has 0 amide bonds. The third-order valence-electron chi connectivity index (χ3n) is 4.90. The second kappa shape index (κ2) is 9.52. The molecule has 31 heavy (non-hydrogen) atoms. The molecule has 0 radical (unpaired) electrons. The van der Waals surface area contributed by atoms with Gasteiger partial charge in [0.15, 0.2) is 16.8 Å². The van der Waals surface area contributed by atoms with E-state index < -0.39 is 0 Å². The minimum atomic E-state index is 0.0357. The summed E-state index contributed by atoms with van der Waals surface area (Å²) in [5.41, 5.74) is 4.00. The van der Waals surface area contributed by atoms with Gasteiger partial charge >= 0.3 is 0 Å². The van der Waals surface area contributed by atoms with Crippen LogP contribution in [0.5, 0.6) is 5.75 Å². The van der Waals surface area contributed by atoms with Crippen molar-refractivity contribution in [3.05, 3.63) is 71.8 Å². The maximum Gasteiger partial charge on any atom is 0.192 e. The summed E-state index contributed by atoms with van der Waals surface area (Å²) >= 11 is 1.39. The highest BCUT2D eigenvalue weighted by Crippen LogP contribution is 2.28. The van der Waals surface area contributed by atoms with E-state index in [4.69, 9.17) is 4.74 Å². The van der Waals surface area contributed by atoms with Gasteiger partial charge in [0.2, 0.25) is 0 Å². The summed E-state index contributed by atoms with van der Waals surface area (Å²) in [7, 11) is 1.61. The number of hydrogen-bond acceptors (Lipinski definition) is 5. The number of nitrogens with zero attached hydrogens (tertiary/aromatic N) is 3. The molecule has 162 valence electrons. The number of thioether (sulfide) groups is 1. The van der Waals surface area contributed by atoms with Crippen LogP contribution in [0.3, 0.4) is 0 Å². The van der Waals surface area contributed by atoms with Crippen molar-refractivity contribution in [2.45, 2.75) is 44.8 Å². The molecule has 0 atom stereocenters. The van der Waals surface area contributed by atoms with Crippen LogP contribution in [0.25, 0.3) is 11.4 Å². The zero-order valence-electron chi connectivity index (χ0n) is 18.8. The molecule has 0 saturated heterocycles. The third-order valence-corrected chi connectivity index (χ3v) is 5.87. The Morgan fingerprint density at radius 3 is 2.26 bits per heavy atom. The van der Waals surface area contributed by atoms with Gasteiger partial charge in [0.1, 0.15) is 5.75 Å². The van der Waals surface area contributed by atoms with Gasteiger partial charge in [0.25, 0.3) is 0 Å². The van der Waals surface area contributed by atoms with Crippen LogP contribution in [-0.4, -0.2) is 33.4 Å². The van der Waals surface area contributed by atoms with Gasteiger partial charge in [0, 0.05) is 17.7 Å². The van der Waals surface area contributed by atoms with Gasteiger partial charge in [-0.2, -0.15) is 0 Å². The number of rotatable bonds is 8. The molecule has 0 aliphatic heterocycles. The summed E-state index contributed by atoms with van der Waals surface area (Å²) in [6.45, 7) is 13.2. The lowest BCUT2D eigenvalue weighted by atomic mass is 9.87. The molecule has 3 aromatic rings. The average Bonchev–Trinajstić information content (AvgIpc) is 3.13. The Bertz CT molecular complexity index is 1060. The molecule has 0 bridgehead atoms. The van der Waals surface area contributed by atoms with E-state index in [1.54, 1.807) is 31.4 Å². The van der Waals surface area contributed by atoms with Crippen LogP contribution in [0.4, 0.5) is 0 Å². The molecule has 6 heteroatoms. The average molecular weight is 436 g/mol. The minimum Gasteiger partial charge on any atom is -0.497 e. The van der Waals surface area contributed by atoms with Gasteiger partial charge in [-0.1, -0.05) is 69.0 Å². The molecule has 0 N–H and O–H groups in total. The fraction of sp³-hybridized carbons (Fsp3) is 0.320. The summed E-state index contributed by atoms with van der Waals surface area (Å²) in [5.74, 6) is 1.83. The number of benzene rings is 2. The highest BCUT2D eigenvalue weighted by Gasteiger charge is 2.18. The first-order valence-corrected chi connectivity index (χ1v) is 11.2. The van der Waals surface area contributed by atoms with Gasteiger partial charge in [-0.3, -0.25) is 9.36 Å². The zero-order chi connectivity index (χ0) is 22.6. The largest absolute Gasteiger partial charge is 0.497 e. The fourth-order valence-corrected chi connectivity index (χ4v) is 3.96. The van der Waals surface area contributed by atoms with Crippen LogP contribution in [0.2, 0.25) is 0 Å². The maximum atomic E-state index is 12.6. The fourth-order valence-electron chi connectivity index (χ4n) is 3.13. The predicted molar refractivity (Wildman–Crippen MR) is 127 cm³/mol. The molecule has 1 aromatic heterocycles. The molecule has 5 nitrogen and oxygen atoms in total. The third kappa shape index (κ3) is 5.64. The number of Topliss-reactive ketones (excluding diaryl/α,β-unsaturated/α-hetero) is 1. The molecular weight excluding hydrogens is 406 g/mol. The molecule has 0 saturated carbocycles. The molecule has 2 aromatic carbocycles. The number of allylic oxidation sites excluding steroid dienone is 1. The van der Waals surface area contributed by atoms with Gasteiger partial charge in [-0.25, -0.2) is 0 Å². The van der Waals surface area contributed by atoms with E-state index in [1.807, 2.05) is 11.5 Å². The number of ketones is 1. The van der Waals surface area contributed by atoms with Crippen molar-refractivity contribution in [2.75, 3.05) is 12.9 Å². The quantitative estimate of drug-likeness (QED) is 0.254. The first-order valence-electron chi connectivity index (χ1n) is 10.2. The molecule has 1 heterocycles. The van der Waals surface area contributed by atoms with Crippen LogP contribution in [0.1, 0.15) is 43.6 Å². The summed E-state index contributed by atoms with van der Waals surface area (Å²) in [6.07, 6.45) is 0. The minimum absolute atomic E-state index is 0.0357. The van der Waals surface area contributed by atoms with Crippen molar-refractivity contribution >= 4 is 17.5 Å². The Kier molecular flexibility index (Phi) is 7.01.